The number of benzene rings is 1. The van der Waals surface area contributed by atoms with E-state index in [9.17, 15) is 8.78 Å². The minimum atomic E-state index is -2.94. The highest BCUT2D eigenvalue weighted by atomic mass is 19.3. The first-order chi connectivity index (χ1) is 13.6. The van der Waals surface area contributed by atoms with Gasteiger partial charge < -0.3 is 24.8 Å². The third-order valence-electron chi connectivity index (χ3n) is 3.53. The molecule has 0 atom stereocenters. The van der Waals surface area contributed by atoms with Gasteiger partial charge in [-0.1, -0.05) is 12.1 Å². The van der Waals surface area contributed by atoms with E-state index in [-0.39, 0.29) is 18.0 Å². The molecule has 0 unspecified atom stereocenters. The van der Waals surface area contributed by atoms with Crippen LogP contribution in [0.25, 0.3) is 0 Å². The number of pyridine rings is 1. The Balaban J connectivity index is 1.89. The molecule has 9 heteroatoms. The zero-order chi connectivity index (χ0) is 20.2. The van der Waals surface area contributed by atoms with Crippen molar-refractivity contribution in [3.05, 3.63) is 48.3 Å². The van der Waals surface area contributed by atoms with Crippen molar-refractivity contribution in [1.29, 1.82) is 0 Å². The van der Waals surface area contributed by atoms with Crippen molar-refractivity contribution in [3.8, 4) is 17.2 Å². The number of nitrogens with zero attached hydrogens (tertiary/aromatic N) is 2. The molecule has 0 aliphatic carbocycles. The third-order valence-corrected chi connectivity index (χ3v) is 3.53. The maximum Gasteiger partial charge on any atom is 0.387 e. The smallest absolute Gasteiger partial charge is 0.387 e. The highest BCUT2D eigenvalue weighted by Gasteiger charge is 2.15. The number of hydrogen-bond acceptors (Lipinski definition) is 5. The maximum atomic E-state index is 12.8. The summed E-state index contributed by atoms with van der Waals surface area (Å²) in [5.74, 6) is 1.46. The summed E-state index contributed by atoms with van der Waals surface area (Å²) in [7, 11) is 1.62. The Hall–Kier alpha value is -3.10. The summed E-state index contributed by atoms with van der Waals surface area (Å²) in [6.45, 7) is 0.307. The molecule has 0 saturated heterocycles. The fourth-order valence-corrected chi connectivity index (χ4v) is 2.36. The second-order valence-electron chi connectivity index (χ2n) is 5.45. The van der Waals surface area contributed by atoms with E-state index >= 15 is 0 Å². The van der Waals surface area contributed by atoms with Gasteiger partial charge in [0.2, 0.25) is 0 Å². The molecule has 2 rings (SSSR count). The molecule has 0 saturated carbocycles. The first-order valence-electron chi connectivity index (χ1n) is 8.80. The molecule has 28 heavy (non-hydrogen) atoms. The largest absolute Gasteiger partial charge is 0.490 e. The van der Waals surface area contributed by atoms with E-state index in [0.29, 0.717) is 37.0 Å². The Kier molecular flexibility index (Phi) is 8.77. The molecule has 7 nitrogen and oxygen atoms in total. The van der Waals surface area contributed by atoms with Crippen molar-refractivity contribution < 1.29 is 23.0 Å². The van der Waals surface area contributed by atoms with Crippen LogP contribution in [0.1, 0.15) is 12.5 Å². The van der Waals surface area contributed by atoms with Crippen LogP contribution in [0.4, 0.5) is 8.78 Å². The fraction of sp³-hybridized carbons (Fsp3) is 0.368. The van der Waals surface area contributed by atoms with Crippen LogP contribution < -0.4 is 24.8 Å². The van der Waals surface area contributed by atoms with Crippen LogP contribution in [0.15, 0.2) is 47.7 Å². The van der Waals surface area contributed by atoms with Crippen molar-refractivity contribution in [2.24, 2.45) is 4.99 Å². The van der Waals surface area contributed by atoms with Crippen LogP contribution in [0.3, 0.4) is 0 Å². The van der Waals surface area contributed by atoms with Gasteiger partial charge in [-0.05, 0) is 25.1 Å². The minimum absolute atomic E-state index is 0.0159. The molecule has 0 bridgehead atoms. The van der Waals surface area contributed by atoms with Crippen LogP contribution in [0, 0.1) is 0 Å². The normalized spacial score (nSPS) is 11.2. The number of rotatable bonds is 10. The average molecular weight is 394 g/mol. The average Bonchev–Trinajstić information content (AvgIpc) is 2.70. The Morgan fingerprint density at radius 3 is 2.71 bits per heavy atom. The monoisotopic (exact) mass is 394 g/mol. The zero-order valence-corrected chi connectivity index (χ0v) is 15.8. The Labute approximate surface area is 162 Å². The lowest BCUT2D eigenvalue weighted by atomic mass is 10.2. The maximum absolute atomic E-state index is 12.8. The van der Waals surface area contributed by atoms with Crippen LogP contribution in [0.2, 0.25) is 0 Å². The molecule has 152 valence electrons. The molecule has 0 fully saturated rings. The summed E-state index contributed by atoms with van der Waals surface area (Å²) in [4.78, 5) is 8.07. The van der Waals surface area contributed by atoms with Gasteiger partial charge in [0.25, 0.3) is 0 Å². The number of alkyl halides is 2. The zero-order valence-electron chi connectivity index (χ0n) is 15.8. The van der Waals surface area contributed by atoms with Crippen molar-refractivity contribution in [2.45, 2.75) is 20.1 Å². The van der Waals surface area contributed by atoms with Gasteiger partial charge in [-0.25, -0.2) is 0 Å². The summed E-state index contributed by atoms with van der Waals surface area (Å²) >= 11 is 0. The highest BCUT2D eigenvalue weighted by Crippen LogP contribution is 2.32. The van der Waals surface area contributed by atoms with E-state index in [0.717, 1.165) is 0 Å². The molecule has 0 spiro atoms. The molecule has 0 amide bonds. The predicted octanol–water partition coefficient (Wildman–Crippen LogP) is 2.83. The number of halogens is 2. The number of aliphatic imine (C=N–C) groups is 1. The summed E-state index contributed by atoms with van der Waals surface area (Å²) in [6.07, 6.45) is 3.30. The standard InChI is InChI=1S/C19H24F2N4O3/c1-3-26-16-8-4-6-14(17(16)28-18(20)21)12-25-19(22-2)24-10-11-27-15-7-5-9-23-13-15/h4-9,13,18H,3,10-12H2,1-2H3,(H2,22,24,25). The Morgan fingerprint density at radius 2 is 2.04 bits per heavy atom. The van der Waals surface area contributed by atoms with Gasteiger partial charge >= 0.3 is 6.61 Å². The minimum Gasteiger partial charge on any atom is -0.490 e. The van der Waals surface area contributed by atoms with Crippen molar-refractivity contribution in [3.63, 3.8) is 0 Å². The highest BCUT2D eigenvalue weighted by molar-refractivity contribution is 5.79. The Bertz CT molecular complexity index is 745. The van der Waals surface area contributed by atoms with Crippen molar-refractivity contribution >= 4 is 5.96 Å². The van der Waals surface area contributed by atoms with E-state index in [1.54, 1.807) is 50.6 Å². The van der Waals surface area contributed by atoms with E-state index in [2.05, 4.69) is 25.3 Å². The lowest BCUT2D eigenvalue weighted by Gasteiger charge is -2.17. The van der Waals surface area contributed by atoms with Crippen LogP contribution in [-0.2, 0) is 6.54 Å². The van der Waals surface area contributed by atoms with Gasteiger partial charge in [0.15, 0.2) is 17.5 Å². The molecule has 0 aliphatic heterocycles. The topological polar surface area (TPSA) is 77.0 Å². The second kappa shape index (κ2) is 11.6. The first-order valence-corrected chi connectivity index (χ1v) is 8.80. The summed E-state index contributed by atoms with van der Waals surface area (Å²) in [6, 6.07) is 8.60. The van der Waals surface area contributed by atoms with Gasteiger partial charge in [0.05, 0.1) is 19.3 Å². The number of nitrogens with one attached hydrogen (secondary N) is 2. The second-order valence-corrected chi connectivity index (χ2v) is 5.45. The van der Waals surface area contributed by atoms with Gasteiger partial charge in [-0.2, -0.15) is 8.78 Å². The molecule has 0 aliphatic rings. The third kappa shape index (κ3) is 6.90. The lowest BCUT2D eigenvalue weighted by molar-refractivity contribution is -0.0520. The van der Waals surface area contributed by atoms with Crippen LogP contribution in [-0.4, -0.2) is 44.4 Å². The van der Waals surface area contributed by atoms with E-state index < -0.39 is 6.61 Å². The Morgan fingerprint density at radius 1 is 1.18 bits per heavy atom. The van der Waals surface area contributed by atoms with Crippen molar-refractivity contribution in [1.82, 2.24) is 15.6 Å². The van der Waals surface area contributed by atoms with E-state index in [1.165, 1.54) is 0 Å². The van der Waals surface area contributed by atoms with Crippen molar-refractivity contribution in [2.75, 3.05) is 26.8 Å². The van der Waals surface area contributed by atoms with Gasteiger partial charge in [0, 0.05) is 25.4 Å². The molecule has 1 aromatic carbocycles. The number of ether oxygens (including phenoxy) is 3. The van der Waals surface area contributed by atoms with E-state index in [1.807, 2.05) is 6.07 Å². The molecule has 1 aromatic heterocycles. The predicted molar refractivity (Wildman–Crippen MR) is 102 cm³/mol. The molecule has 2 N–H and O–H groups in total. The molecule has 1 heterocycles. The molecule has 2 aromatic rings. The first kappa shape index (κ1) is 21.2. The quantitative estimate of drug-likeness (QED) is 0.367. The van der Waals surface area contributed by atoms with Crippen LogP contribution >= 0.6 is 0 Å². The molecular formula is C19H24F2N4O3. The van der Waals surface area contributed by atoms with Gasteiger partial charge in [-0.15, -0.1) is 0 Å². The van der Waals surface area contributed by atoms with Gasteiger partial charge in [0.1, 0.15) is 12.4 Å². The fourth-order valence-electron chi connectivity index (χ4n) is 2.36. The number of para-hydroxylation sites is 1. The summed E-state index contributed by atoms with van der Waals surface area (Å²) in [5.41, 5.74) is 0.529. The molecular weight excluding hydrogens is 370 g/mol. The van der Waals surface area contributed by atoms with Gasteiger partial charge in [-0.3, -0.25) is 9.98 Å². The number of hydrogen-bond donors (Lipinski definition) is 2. The summed E-state index contributed by atoms with van der Waals surface area (Å²) in [5, 5.41) is 6.14. The molecule has 0 radical (unpaired) electrons. The summed E-state index contributed by atoms with van der Waals surface area (Å²) < 4.78 is 41.1. The van der Waals surface area contributed by atoms with Crippen LogP contribution in [0.5, 0.6) is 17.2 Å². The number of guanidine groups is 1. The SMILES string of the molecule is CCOc1cccc(CNC(=NC)NCCOc2cccnc2)c1OC(F)F. The number of aromatic nitrogens is 1. The lowest BCUT2D eigenvalue weighted by Crippen LogP contribution is -2.39. The van der Waals surface area contributed by atoms with E-state index in [4.69, 9.17) is 9.47 Å².